The number of aromatic hydroxyl groups is 1. The lowest BCUT2D eigenvalue weighted by molar-refractivity contribution is -0.146. The number of rotatable bonds is 4. The van der Waals surface area contributed by atoms with E-state index in [4.69, 9.17) is 4.74 Å². The van der Waals surface area contributed by atoms with Gasteiger partial charge in [0, 0.05) is 6.42 Å². The molecule has 142 valence electrons. The maximum atomic E-state index is 12.0. The number of carbonyl (C=O) groups excluding carboxylic acids is 1. The van der Waals surface area contributed by atoms with Gasteiger partial charge >= 0.3 is 5.97 Å². The minimum Gasteiger partial charge on any atom is -0.507 e. The zero-order valence-corrected chi connectivity index (χ0v) is 17.5. The van der Waals surface area contributed by atoms with Crippen LogP contribution < -0.4 is 0 Å². The first-order chi connectivity index (χ1) is 11.1. The molecule has 0 aliphatic carbocycles. The van der Waals surface area contributed by atoms with Gasteiger partial charge in [0.25, 0.3) is 0 Å². The van der Waals surface area contributed by atoms with Crippen molar-refractivity contribution >= 4 is 5.97 Å². The van der Waals surface area contributed by atoms with E-state index in [-0.39, 0.29) is 22.2 Å². The van der Waals surface area contributed by atoms with Crippen molar-refractivity contribution in [1.29, 1.82) is 0 Å². The Hall–Kier alpha value is -1.51. The molecule has 0 saturated carbocycles. The van der Waals surface area contributed by atoms with Crippen molar-refractivity contribution in [1.82, 2.24) is 0 Å². The lowest BCUT2D eigenvalue weighted by atomic mass is 9.78. The fourth-order valence-electron chi connectivity index (χ4n) is 2.60. The number of esters is 1. The number of hydrogen-bond donors (Lipinski definition) is 1. The second kappa shape index (κ2) is 7.39. The summed E-state index contributed by atoms with van der Waals surface area (Å²) in [6, 6.07) is 4.06. The van der Waals surface area contributed by atoms with Crippen LogP contribution in [-0.4, -0.2) is 17.7 Å². The van der Waals surface area contributed by atoms with Crippen LogP contribution in [0.15, 0.2) is 12.1 Å². The molecule has 1 N–H and O–H groups in total. The van der Waals surface area contributed by atoms with Crippen molar-refractivity contribution in [3.63, 3.8) is 0 Å². The molecule has 1 rings (SSSR count). The van der Waals surface area contributed by atoms with Crippen LogP contribution in [0.25, 0.3) is 0 Å². The van der Waals surface area contributed by atoms with Crippen molar-refractivity contribution in [3.8, 4) is 5.75 Å². The molecule has 0 spiro atoms. The molecule has 1 aromatic carbocycles. The van der Waals surface area contributed by atoms with Crippen molar-refractivity contribution in [3.05, 3.63) is 28.8 Å². The van der Waals surface area contributed by atoms with Gasteiger partial charge in [-0.05, 0) is 39.4 Å². The number of hydrogen-bond acceptors (Lipinski definition) is 3. The lowest BCUT2D eigenvalue weighted by Crippen LogP contribution is -2.19. The molecule has 0 radical (unpaired) electrons. The molecule has 0 aliphatic heterocycles. The van der Waals surface area contributed by atoms with Crippen LogP contribution in [0.5, 0.6) is 5.75 Å². The van der Waals surface area contributed by atoms with E-state index in [1.54, 1.807) is 0 Å². The van der Waals surface area contributed by atoms with Gasteiger partial charge in [-0.15, -0.1) is 0 Å². The lowest BCUT2D eigenvalue weighted by Gasteiger charge is -2.28. The average molecular weight is 349 g/mol. The molecule has 0 amide bonds. The summed E-state index contributed by atoms with van der Waals surface area (Å²) in [6.07, 6.45) is 0.976. The molecule has 3 nitrogen and oxygen atoms in total. The van der Waals surface area contributed by atoms with Crippen LogP contribution in [-0.2, 0) is 26.8 Å². The first-order valence-electron chi connectivity index (χ1n) is 9.14. The summed E-state index contributed by atoms with van der Waals surface area (Å²) in [5.74, 6) is 0.205. The van der Waals surface area contributed by atoms with Gasteiger partial charge < -0.3 is 9.84 Å². The Bertz CT molecular complexity index is 573. The smallest absolute Gasteiger partial charge is 0.306 e. The molecule has 0 aliphatic rings. The summed E-state index contributed by atoms with van der Waals surface area (Å²) in [5.41, 5.74) is 2.59. The highest BCUT2D eigenvalue weighted by Crippen LogP contribution is 2.40. The third kappa shape index (κ3) is 6.72. The third-order valence-corrected chi connectivity index (χ3v) is 4.07. The van der Waals surface area contributed by atoms with E-state index in [2.05, 4.69) is 41.5 Å². The highest BCUT2D eigenvalue weighted by atomic mass is 16.5. The highest BCUT2D eigenvalue weighted by molar-refractivity contribution is 5.69. The van der Waals surface area contributed by atoms with E-state index in [0.29, 0.717) is 25.2 Å². The minimum atomic E-state index is -0.169. The van der Waals surface area contributed by atoms with Gasteiger partial charge in [-0.25, -0.2) is 0 Å². The summed E-state index contributed by atoms with van der Waals surface area (Å²) < 4.78 is 5.36. The van der Waals surface area contributed by atoms with E-state index >= 15 is 0 Å². The number of phenols is 1. The summed E-state index contributed by atoms with van der Waals surface area (Å²) in [7, 11) is 0. The predicted octanol–water partition coefficient (Wildman–Crippen LogP) is 5.51. The molecule has 0 bridgehead atoms. The van der Waals surface area contributed by atoms with Crippen molar-refractivity contribution in [2.45, 2.75) is 86.0 Å². The Labute approximate surface area is 153 Å². The van der Waals surface area contributed by atoms with Gasteiger partial charge in [-0.1, -0.05) is 74.4 Å². The fraction of sp³-hybridized carbons (Fsp3) is 0.682. The molecule has 3 heteroatoms. The molecular weight excluding hydrogens is 312 g/mol. The predicted molar refractivity (Wildman–Crippen MR) is 104 cm³/mol. The van der Waals surface area contributed by atoms with Crippen LogP contribution in [0, 0.1) is 5.41 Å². The Morgan fingerprint density at radius 1 is 0.920 bits per heavy atom. The van der Waals surface area contributed by atoms with Crippen LogP contribution in [0.1, 0.15) is 85.4 Å². The molecule has 0 heterocycles. The van der Waals surface area contributed by atoms with E-state index in [1.807, 2.05) is 32.9 Å². The van der Waals surface area contributed by atoms with Gasteiger partial charge in [0.05, 0.1) is 6.61 Å². The SMILES string of the molecule is CC(C)(C)COC(=O)CCc1cc(C(C)(C)C)c(O)c(C(C)(C)C)c1. The number of phenolic OH excluding ortho intramolecular Hbond substituents is 1. The number of benzene rings is 1. The number of aryl methyl sites for hydroxylation is 1. The first kappa shape index (κ1) is 21.5. The van der Waals surface area contributed by atoms with Crippen LogP contribution >= 0.6 is 0 Å². The van der Waals surface area contributed by atoms with Gasteiger partial charge in [-0.3, -0.25) is 4.79 Å². The fourth-order valence-corrected chi connectivity index (χ4v) is 2.60. The van der Waals surface area contributed by atoms with Crippen LogP contribution in [0.4, 0.5) is 0 Å². The number of ether oxygens (including phenoxy) is 1. The molecule has 25 heavy (non-hydrogen) atoms. The van der Waals surface area contributed by atoms with Crippen molar-refractivity contribution in [2.75, 3.05) is 6.61 Å². The monoisotopic (exact) mass is 348 g/mol. The summed E-state index contributed by atoms with van der Waals surface area (Å²) >= 11 is 0. The molecule has 0 saturated heterocycles. The van der Waals surface area contributed by atoms with Gasteiger partial charge in [0.1, 0.15) is 5.75 Å². The zero-order chi connectivity index (χ0) is 19.6. The van der Waals surface area contributed by atoms with Crippen LogP contribution in [0.3, 0.4) is 0 Å². The third-order valence-electron chi connectivity index (χ3n) is 4.07. The van der Waals surface area contributed by atoms with Crippen molar-refractivity contribution < 1.29 is 14.6 Å². The molecule has 0 aromatic heterocycles. The van der Waals surface area contributed by atoms with Gasteiger partial charge in [-0.2, -0.15) is 0 Å². The molecule has 0 fully saturated rings. The van der Waals surface area contributed by atoms with Gasteiger partial charge in [0.15, 0.2) is 0 Å². The Balaban J connectivity index is 3.02. The van der Waals surface area contributed by atoms with Crippen molar-refractivity contribution in [2.24, 2.45) is 5.41 Å². The Morgan fingerprint density at radius 3 is 1.72 bits per heavy atom. The second-order valence-electron chi connectivity index (χ2n) is 10.3. The topological polar surface area (TPSA) is 46.5 Å². The van der Waals surface area contributed by atoms with E-state index < -0.39 is 0 Å². The van der Waals surface area contributed by atoms with E-state index in [9.17, 15) is 9.90 Å². The highest BCUT2D eigenvalue weighted by Gasteiger charge is 2.26. The largest absolute Gasteiger partial charge is 0.507 e. The second-order valence-corrected chi connectivity index (χ2v) is 10.3. The molecule has 0 atom stereocenters. The van der Waals surface area contributed by atoms with Gasteiger partial charge in [0.2, 0.25) is 0 Å². The molecule has 1 aromatic rings. The quantitative estimate of drug-likeness (QED) is 0.730. The zero-order valence-electron chi connectivity index (χ0n) is 17.5. The first-order valence-corrected chi connectivity index (χ1v) is 9.14. The summed E-state index contributed by atoms with van der Waals surface area (Å²) in [6.45, 7) is 19.1. The Morgan fingerprint density at radius 2 is 1.36 bits per heavy atom. The summed E-state index contributed by atoms with van der Waals surface area (Å²) in [5, 5.41) is 10.7. The maximum Gasteiger partial charge on any atom is 0.306 e. The molecule has 0 unspecified atom stereocenters. The normalized spacial score (nSPS) is 13.0. The van der Waals surface area contributed by atoms with E-state index in [1.165, 1.54) is 0 Å². The number of carbonyl (C=O) groups is 1. The minimum absolute atomic E-state index is 0.0208. The Kier molecular flexibility index (Phi) is 6.36. The molecular formula is C22H36O3. The standard InChI is InChI=1S/C22H36O3/c1-20(2,3)14-25-18(23)11-10-15-12-16(21(4,5)6)19(24)17(13-15)22(7,8)9/h12-13,24H,10-11,14H2,1-9H3. The van der Waals surface area contributed by atoms with E-state index in [0.717, 1.165) is 16.7 Å². The maximum absolute atomic E-state index is 12.0. The summed E-state index contributed by atoms with van der Waals surface area (Å²) in [4.78, 5) is 12.0. The average Bonchev–Trinajstić information content (AvgIpc) is 2.40. The van der Waals surface area contributed by atoms with Crippen LogP contribution in [0.2, 0.25) is 0 Å².